The highest BCUT2D eigenvalue weighted by atomic mass is 14.5. The molecule has 26 heavy (non-hydrogen) atoms. The molecule has 0 spiro atoms. The lowest BCUT2D eigenvalue weighted by Crippen LogP contribution is -1.86. The minimum absolute atomic E-state index is 0.781. The molecule has 0 aliphatic rings. The lowest BCUT2D eigenvalue weighted by atomic mass is 9.98. The molecule has 4 rings (SSSR count). The standard InChI is InChI=1S/C24H20N2/c25-23-5-1-3-21(15-23)19-11-7-17(8-12-19)18-9-13-20(14-10-18)22-4-2-6-24(26)16-22/h1-16H,25-26H2. The van der Waals surface area contributed by atoms with Gasteiger partial charge in [0.25, 0.3) is 0 Å². The average Bonchev–Trinajstić information content (AvgIpc) is 2.68. The van der Waals surface area contributed by atoms with Crippen molar-refractivity contribution in [3.8, 4) is 33.4 Å². The van der Waals surface area contributed by atoms with Crippen molar-refractivity contribution in [2.45, 2.75) is 0 Å². The molecule has 0 saturated carbocycles. The van der Waals surface area contributed by atoms with Gasteiger partial charge >= 0.3 is 0 Å². The van der Waals surface area contributed by atoms with Crippen molar-refractivity contribution in [1.29, 1.82) is 0 Å². The van der Waals surface area contributed by atoms with E-state index in [0.29, 0.717) is 0 Å². The molecule has 0 fully saturated rings. The van der Waals surface area contributed by atoms with Crippen LogP contribution in [0.2, 0.25) is 0 Å². The quantitative estimate of drug-likeness (QED) is 0.461. The summed E-state index contributed by atoms with van der Waals surface area (Å²) in [6.07, 6.45) is 0. The van der Waals surface area contributed by atoms with E-state index in [1.165, 1.54) is 11.1 Å². The molecule has 0 saturated heterocycles. The van der Waals surface area contributed by atoms with Gasteiger partial charge in [-0.15, -0.1) is 0 Å². The summed E-state index contributed by atoms with van der Waals surface area (Å²) in [7, 11) is 0. The predicted molar refractivity (Wildman–Crippen MR) is 112 cm³/mol. The van der Waals surface area contributed by atoms with Crippen molar-refractivity contribution in [2.75, 3.05) is 11.5 Å². The molecule has 0 atom stereocenters. The van der Waals surface area contributed by atoms with E-state index in [4.69, 9.17) is 11.5 Å². The van der Waals surface area contributed by atoms with Crippen LogP contribution in [0.5, 0.6) is 0 Å². The molecular weight excluding hydrogens is 316 g/mol. The van der Waals surface area contributed by atoms with Crippen LogP contribution in [0.25, 0.3) is 33.4 Å². The second kappa shape index (κ2) is 6.77. The highest BCUT2D eigenvalue weighted by Crippen LogP contribution is 2.28. The fraction of sp³-hybridized carbons (Fsp3) is 0. The normalized spacial score (nSPS) is 10.6. The summed E-state index contributed by atoms with van der Waals surface area (Å²) in [6, 6.07) is 33.0. The molecule has 0 amide bonds. The molecule has 126 valence electrons. The Hall–Kier alpha value is -3.52. The number of hydrogen-bond donors (Lipinski definition) is 2. The summed E-state index contributed by atoms with van der Waals surface area (Å²) in [6.45, 7) is 0. The van der Waals surface area contributed by atoms with E-state index in [-0.39, 0.29) is 0 Å². The predicted octanol–water partition coefficient (Wildman–Crippen LogP) is 5.85. The van der Waals surface area contributed by atoms with E-state index >= 15 is 0 Å². The van der Waals surface area contributed by atoms with Crippen molar-refractivity contribution >= 4 is 11.4 Å². The van der Waals surface area contributed by atoms with E-state index in [2.05, 4.69) is 60.7 Å². The summed E-state index contributed by atoms with van der Waals surface area (Å²) in [5, 5.41) is 0. The van der Waals surface area contributed by atoms with Crippen LogP contribution in [0.3, 0.4) is 0 Å². The molecule has 0 aromatic heterocycles. The highest BCUT2D eigenvalue weighted by Gasteiger charge is 2.03. The fourth-order valence-electron chi connectivity index (χ4n) is 3.15. The third-order valence-corrected chi connectivity index (χ3v) is 4.54. The summed E-state index contributed by atoms with van der Waals surface area (Å²) in [5.74, 6) is 0. The van der Waals surface area contributed by atoms with Gasteiger partial charge in [-0.05, 0) is 57.6 Å². The zero-order chi connectivity index (χ0) is 17.9. The van der Waals surface area contributed by atoms with Crippen molar-refractivity contribution < 1.29 is 0 Å². The number of anilines is 2. The molecule has 0 unspecified atom stereocenters. The van der Waals surface area contributed by atoms with Crippen LogP contribution in [0.15, 0.2) is 97.1 Å². The second-order valence-corrected chi connectivity index (χ2v) is 6.41. The van der Waals surface area contributed by atoms with Gasteiger partial charge in [-0.2, -0.15) is 0 Å². The first-order valence-electron chi connectivity index (χ1n) is 8.61. The Bertz CT molecular complexity index is 945. The molecule has 2 heteroatoms. The minimum Gasteiger partial charge on any atom is -0.399 e. The SMILES string of the molecule is Nc1cccc(-c2ccc(-c3ccc(-c4cccc(N)c4)cc3)cc2)c1. The smallest absolute Gasteiger partial charge is 0.0320 e. The summed E-state index contributed by atoms with van der Waals surface area (Å²) in [5.41, 5.74) is 20.3. The molecule has 0 aliphatic heterocycles. The van der Waals surface area contributed by atoms with Crippen molar-refractivity contribution in [3.05, 3.63) is 97.1 Å². The fourth-order valence-corrected chi connectivity index (χ4v) is 3.15. The van der Waals surface area contributed by atoms with Gasteiger partial charge in [0, 0.05) is 11.4 Å². The molecule has 0 radical (unpaired) electrons. The van der Waals surface area contributed by atoms with E-state index in [9.17, 15) is 0 Å². The molecular formula is C24H20N2. The maximum Gasteiger partial charge on any atom is 0.0320 e. The van der Waals surface area contributed by atoms with E-state index in [1.54, 1.807) is 0 Å². The number of benzene rings is 4. The first kappa shape index (κ1) is 16.0. The molecule has 4 aromatic carbocycles. The van der Waals surface area contributed by atoms with Gasteiger partial charge in [0.2, 0.25) is 0 Å². The van der Waals surface area contributed by atoms with Gasteiger partial charge in [0.1, 0.15) is 0 Å². The van der Waals surface area contributed by atoms with E-state index in [0.717, 1.165) is 33.6 Å². The monoisotopic (exact) mass is 336 g/mol. The summed E-state index contributed by atoms with van der Waals surface area (Å²) in [4.78, 5) is 0. The molecule has 0 aliphatic carbocycles. The maximum atomic E-state index is 5.88. The minimum atomic E-state index is 0.781. The van der Waals surface area contributed by atoms with Crippen LogP contribution >= 0.6 is 0 Å². The Morgan fingerprint density at radius 1 is 0.346 bits per heavy atom. The first-order valence-corrected chi connectivity index (χ1v) is 8.61. The number of hydrogen-bond acceptors (Lipinski definition) is 2. The Balaban J connectivity index is 1.60. The third kappa shape index (κ3) is 3.31. The van der Waals surface area contributed by atoms with Gasteiger partial charge in [0.05, 0.1) is 0 Å². The molecule has 0 bridgehead atoms. The first-order chi connectivity index (χ1) is 12.7. The van der Waals surface area contributed by atoms with Gasteiger partial charge in [-0.3, -0.25) is 0 Å². The van der Waals surface area contributed by atoms with Crippen LogP contribution in [0, 0.1) is 0 Å². The molecule has 4 N–H and O–H groups in total. The van der Waals surface area contributed by atoms with Gasteiger partial charge in [0.15, 0.2) is 0 Å². The van der Waals surface area contributed by atoms with Gasteiger partial charge < -0.3 is 11.5 Å². The zero-order valence-electron chi connectivity index (χ0n) is 14.4. The Kier molecular flexibility index (Phi) is 4.16. The van der Waals surface area contributed by atoms with Crippen molar-refractivity contribution in [3.63, 3.8) is 0 Å². The van der Waals surface area contributed by atoms with Gasteiger partial charge in [-0.25, -0.2) is 0 Å². The van der Waals surface area contributed by atoms with Crippen LogP contribution in [-0.2, 0) is 0 Å². The van der Waals surface area contributed by atoms with Crippen molar-refractivity contribution in [1.82, 2.24) is 0 Å². The third-order valence-electron chi connectivity index (χ3n) is 4.54. The van der Waals surface area contributed by atoms with E-state index < -0.39 is 0 Å². The van der Waals surface area contributed by atoms with Crippen molar-refractivity contribution in [2.24, 2.45) is 0 Å². The number of nitrogen functional groups attached to an aromatic ring is 2. The Morgan fingerprint density at radius 3 is 0.962 bits per heavy atom. The maximum absolute atomic E-state index is 5.88. The number of rotatable bonds is 3. The largest absolute Gasteiger partial charge is 0.399 e. The molecule has 2 nitrogen and oxygen atoms in total. The van der Waals surface area contributed by atoms with E-state index in [1.807, 2.05) is 36.4 Å². The summed E-state index contributed by atoms with van der Waals surface area (Å²) < 4.78 is 0. The Morgan fingerprint density at radius 2 is 0.654 bits per heavy atom. The van der Waals surface area contributed by atoms with Crippen LogP contribution in [0.4, 0.5) is 11.4 Å². The number of nitrogens with two attached hydrogens (primary N) is 2. The lowest BCUT2D eigenvalue weighted by Gasteiger charge is -2.08. The van der Waals surface area contributed by atoms with Crippen LogP contribution in [-0.4, -0.2) is 0 Å². The molecule has 0 heterocycles. The lowest BCUT2D eigenvalue weighted by molar-refractivity contribution is 1.57. The second-order valence-electron chi connectivity index (χ2n) is 6.41. The van der Waals surface area contributed by atoms with Crippen LogP contribution in [0.1, 0.15) is 0 Å². The van der Waals surface area contributed by atoms with Crippen LogP contribution < -0.4 is 11.5 Å². The van der Waals surface area contributed by atoms with Gasteiger partial charge in [-0.1, -0.05) is 72.8 Å². The highest BCUT2D eigenvalue weighted by molar-refractivity contribution is 5.74. The average molecular weight is 336 g/mol. The zero-order valence-corrected chi connectivity index (χ0v) is 14.4. The summed E-state index contributed by atoms with van der Waals surface area (Å²) >= 11 is 0. The molecule has 4 aromatic rings. The topological polar surface area (TPSA) is 52.0 Å². The Labute approximate surface area is 153 Å².